The van der Waals surface area contributed by atoms with Crippen molar-refractivity contribution in [2.75, 3.05) is 5.75 Å². The normalized spacial score (nSPS) is 10.4. The number of hydrogen-bond donors (Lipinski definition) is 2. The smallest absolute Gasteiger partial charge is 0.125 e. The zero-order valence-electron chi connectivity index (χ0n) is 10.1. The highest BCUT2D eigenvalue weighted by Crippen LogP contribution is 2.24. The second kappa shape index (κ2) is 5.89. The summed E-state index contributed by atoms with van der Waals surface area (Å²) in [4.78, 5) is 4.47. The first kappa shape index (κ1) is 13.0. The van der Waals surface area contributed by atoms with E-state index in [1.165, 1.54) is 6.42 Å². The van der Waals surface area contributed by atoms with Gasteiger partial charge in [0.2, 0.25) is 0 Å². The fraction of sp³-hybridized carbons (Fsp3) is 0.500. The highest BCUT2D eigenvalue weighted by Gasteiger charge is 2.11. The second-order valence-electron chi connectivity index (χ2n) is 3.88. The van der Waals surface area contributed by atoms with Crippen molar-refractivity contribution in [1.82, 2.24) is 4.98 Å². The van der Waals surface area contributed by atoms with Crippen molar-refractivity contribution in [2.45, 2.75) is 38.6 Å². The van der Waals surface area contributed by atoms with E-state index in [1.807, 2.05) is 19.9 Å². The molecule has 0 unspecified atom stereocenters. The molecule has 0 aliphatic carbocycles. The van der Waals surface area contributed by atoms with E-state index in [1.54, 1.807) is 11.8 Å². The molecule has 1 rings (SSSR count). The Morgan fingerprint density at radius 1 is 1.50 bits per heavy atom. The molecule has 0 saturated heterocycles. The van der Waals surface area contributed by atoms with Gasteiger partial charge >= 0.3 is 0 Å². The number of nitrogens with zero attached hydrogens (tertiary/aromatic N) is 1. The summed E-state index contributed by atoms with van der Waals surface area (Å²) in [6.07, 6.45) is 2.34. The van der Waals surface area contributed by atoms with Gasteiger partial charge in [-0.1, -0.05) is 13.3 Å². The first-order valence-electron chi connectivity index (χ1n) is 5.51. The lowest BCUT2D eigenvalue weighted by Crippen LogP contribution is -2.15. The van der Waals surface area contributed by atoms with E-state index in [-0.39, 0.29) is 5.84 Å². The lowest BCUT2D eigenvalue weighted by molar-refractivity contribution is 0.893. The van der Waals surface area contributed by atoms with E-state index in [4.69, 9.17) is 11.1 Å². The molecule has 88 valence electrons. The summed E-state index contributed by atoms with van der Waals surface area (Å²) >= 11 is 1.70. The predicted octanol–water partition coefficient (Wildman–Crippen LogP) is 2.87. The van der Waals surface area contributed by atoms with Gasteiger partial charge in [0.05, 0.1) is 5.56 Å². The van der Waals surface area contributed by atoms with Gasteiger partial charge in [0.15, 0.2) is 0 Å². The van der Waals surface area contributed by atoms with Crippen molar-refractivity contribution >= 4 is 17.6 Å². The molecule has 0 saturated carbocycles. The zero-order valence-corrected chi connectivity index (χ0v) is 10.9. The molecule has 0 aliphatic heterocycles. The molecule has 0 fully saturated rings. The molecule has 0 bridgehead atoms. The van der Waals surface area contributed by atoms with E-state index >= 15 is 0 Å². The van der Waals surface area contributed by atoms with Gasteiger partial charge in [-0.05, 0) is 37.7 Å². The van der Waals surface area contributed by atoms with Gasteiger partial charge in [0.1, 0.15) is 10.9 Å². The molecule has 1 aromatic heterocycles. The number of nitrogens with one attached hydrogen (secondary N) is 1. The van der Waals surface area contributed by atoms with E-state index < -0.39 is 0 Å². The SMILES string of the molecule is CCCCSc1nc(C)cc(C)c1C(=N)N. The zero-order chi connectivity index (χ0) is 12.1. The maximum absolute atomic E-state index is 7.59. The summed E-state index contributed by atoms with van der Waals surface area (Å²) in [7, 11) is 0. The lowest BCUT2D eigenvalue weighted by Gasteiger charge is -2.11. The quantitative estimate of drug-likeness (QED) is 0.358. The highest BCUT2D eigenvalue weighted by atomic mass is 32.2. The Bertz CT molecular complexity index is 388. The maximum Gasteiger partial charge on any atom is 0.125 e. The fourth-order valence-electron chi connectivity index (χ4n) is 1.55. The molecule has 1 aromatic rings. The van der Waals surface area contributed by atoms with E-state index in [2.05, 4.69) is 11.9 Å². The van der Waals surface area contributed by atoms with Crippen molar-refractivity contribution in [3.63, 3.8) is 0 Å². The van der Waals surface area contributed by atoms with Crippen molar-refractivity contribution in [3.05, 3.63) is 22.9 Å². The van der Waals surface area contributed by atoms with Gasteiger partial charge in [0, 0.05) is 5.69 Å². The van der Waals surface area contributed by atoms with E-state index in [0.717, 1.165) is 34.0 Å². The fourth-order valence-corrected chi connectivity index (χ4v) is 2.80. The minimum absolute atomic E-state index is 0.115. The van der Waals surface area contributed by atoms with Crippen LogP contribution in [0.4, 0.5) is 0 Å². The number of nitrogens with two attached hydrogens (primary N) is 1. The molecule has 0 spiro atoms. The number of thioether (sulfide) groups is 1. The molecule has 4 heteroatoms. The van der Waals surface area contributed by atoms with Gasteiger partial charge in [0.25, 0.3) is 0 Å². The van der Waals surface area contributed by atoms with Crippen molar-refractivity contribution in [2.24, 2.45) is 5.73 Å². The van der Waals surface area contributed by atoms with Gasteiger partial charge in [-0.15, -0.1) is 11.8 Å². The van der Waals surface area contributed by atoms with Crippen LogP contribution in [0.5, 0.6) is 0 Å². The monoisotopic (exact) mass is 237 g/mol. The van der Waals surface area contributed by atoms with Crippen molar-refractivity contribution < 1.29 is 0 Å². The highest BCUT2D eigenvalue weighted by molar-refractivity contribution is 7.99. The van der Waals surface area contributed by atoms with Crippen molar-refractivity contribution in [1.29, 1.82) is 5.41 Å². The minimum atomic E-state index is 0.115. The molecule has 0 aliphatic rings. The summed E-state index contributed by atoms with van der Waals surface area (Å²) in [5, 5.41) is 8.49. The second-order valence-corrected chi connectivity index (χ2v) is 4.96. The molecule has 0 radical (unpaired) electrons. The molecule has 0 aromatic carbocycles. The Kier molecular flexibility index (Phi) is 4.80. The number of hydrogen-bond acceptors (Lipinski definition) is 3. The molecular formula is C12H19N3S. The molecule has 16 heavy (non-hydrogen) atoms. The number of aromatic nitrogens is 1. The third-order valence-corrected chi connectivity index (χ3v) is 3.38. The number of pyridine rings is 1. The third kappa shape index (κ3) is 3.23. The van der Waals surface area contributed by atoms with Crippen LogP contribution in [-0.2, 0) is 0 Å². The summed E-state index contributed by atoms with van der Waals surface area (Å²) < 4.78 is 0. The van der Waals surface area contributed by atoms with Crippen molar-refractivity contribution in [3.8, 4) is 0 Å². The van der Waals surface area contributed by atoms with Gasteiger partial charge < -0.3 is 5.73 Å². The molecule has 1 heterocycles. The summed E-state index contributed by atoms with van der Waals surface area (Å²) in [5.74, 6) is 1.15. The van der Waals surface area contributed by atoms with E-state index in [0.29, 0.717) is 0 Å². The summed E-state index contributed by atoms with van der Waals surface area (Å²) in [5.41, 5.74) is 8.43. The average Bonchev–Trinajstić information content (AvgIpc) is 2.16. The van der Waals surface area contributed by atoms with Crippen LogP contribution >= 0.6 is 11.8 Å². The van der Waals surface area contributed by atoms with E-state index in [9.17, 15) is 0 Å². The Hall–Kier alpha value is -1.03. The number of nitrogen functional groups attached to an aromatic ring is 1. The molecule has 3 nitrogen and oxygen atoms in total. The van der Waals surface area contributed by atoms with Gasteiger partial charge in [-0.3, -0.25) is 5.41 Å². The number of unbranched alkanes of at least 4 members (excludes halogenated alkanes) is 1. The molecule has 0 amide bonds. The van der Waals surface area contributed by atoms with Crippen LogP contribution in [0.3, 0.4) is 0 Å². The van der Waals surface area contributed by atoms with Gasteiger partial charge in [-0.25, -0.2) is 4.98 Å². The average molecular weight is 237 g/mol. The van der Waals surface area contributed by atoms with Crippen LogP contribution in [0.15, 0.2) is 11.1 Å². The Labute approximate surface area is 101 Å². The Morgan fingerprint density at radius 2 is 2.19 bits per heavy atom. The summed E-state index contributed by atoms with van der Waals surface area (Å²) in [6, 6.07) is 1.97. The van der Waals surface area contributed by atoms with Crippen LogP contribution in [-0.4, -0.2) is 16.6 Å². The van der Waals surface area contributed by atoms with Crippen LogP contribution in [0.25, 0.3) is 0 Å². The Balaban J connectivity index is 2.99. The minimum Gasteiger partial charge on any atom is -0.384 e. The van der Waals surface area contributed by atoms with Crippen LogP contribution in [0.2, 0.25) is 0 Å². The number of rotatable bonds is 5. The Morgan fingerprint density at radius 3 is 2.75 bits per heavy atom. The molecular weight excluding hydrogens is 218 g/mol. The lowest BCUT2D eigenvalue weighted by atomic mass is 10.1. The maximum atomic E-state index is 7.59. The first-order valence-corrected chi connectivity index (χ1v) is 6.50. The number of amidine groups is 1. The van der Waals surface area contributed by atoms with Gasteiger partial charge in [-0.2, -0.15) is 0 Å². The molecule has 0 atom stereocenters. The molecule has 3 N–H and O–H groups in total. The topological polar surface area (TPSA) is 62.8 Å². The largest absolute Gasteiger partial charge is 0.384 e. The third-order valence-electron chi connectivity index (χ3n) is 2.32. The number of aryl methyl sites for hydroxylation is 2. The first-order chi connectivity index (χ1) is 7.56. The predicted molar refractivity (Wildman–Crippen MR) is 70.4 cm³/mol. The standard InChI is InChI=1S/C12H19N3S/c1-4-5-6-16-12-10(11(13)14)8(2)7-9(3)15-12/h7H,4-6H2,1-3H3,(H3,13,14). The van der Waals surface area contributed by atoms with Crippen LogP contribution in [0, 0.1) is 19.3 Å². The van der Waals surface area contributed by atoms with Crippen LogP contribution < -0.4 is 5.73 Å². The summed E-state index contributed by atoms with van der Waals surface area (Å²) in [6.45, 7) is 6.12. The van der Waals surface area contributed by atoms with Crippen LogP contribution in [0.1, 0.15) is 36.6 Å².